The van der Waals surface area contributed by atoms with Gasteiger partial charge in [-0.15, -0.1) is 0 Å². The first kappa shape index (κ1) is 60.1. The predicted octanol–water partition coefficient (Wildman–Crippen LogP) is 19.7. The predicted molar refractivity (Wildman–Crippen MR) is 301 cm³/mol. The molecule has 0 radical (unpaired) electrons. The maximum atomic E-state index is 6.90. The van der Waals surface area contributed by atoms with Gasteiger partial charge in [0.05, 0.1) is 26.4 Å². The number of hydrogen-bond donors (Lipinski definition) is 0. The number of ether oxygens (including phenoxy) is 4. The smallest absolute Gasteiger partial charge is 0.123 e. The molecule has 0 aliphatic rings. The fraction of sp³-hybridized carbons (Fsp3) is 0.710. The number of benzene rings is 3. The Morgan fingerprint density at radius 3 is 0.824 bits per heavy atom. The summed E-state index contributed by atoms with van der Waals surface area (Å²) in [5.41, 5.74) is 4.90. The first-order valence-electron chi connectivity index (χ1n) is 27.7. The van der Waals surface area contributed by atoms with Gasteiger partial charge < -0.3 is 18.9 Å². The molecule has 0 N–H and O–H groups in total. The Kier molecular flexibility index (Phi) is 30.3. The number of halogens is 2. The Labute approximate surface area is 436 Å². The largest absolute Gasteiger partial charge is 0.493 e. The maximum Gasteiger partial charge on any atom is 0.123 e. The van der Waals surface area contributed by atoms with Gasteiger partial charge in [0.15, 0.2) is 0 Å². The fourth-order valence-corrected chi connectivity index (χ4v) is 9.82. The van der Waals surface area contributed by atoms with Crippen molar-refractivity contribution in [1.29, 1.82) is 0 Å². The summed E-state index contributed by atoms with van der Waals surface area (Å²) in [7, 11) is 0. The highest BCUT2D eigenvalue weighted by Crippen LogP contribution is 2.35. The molecule has 6 heteroatoms. The first-order chi connectivity index (χ1) is 32.5. The lowest BCUT2D eigenvalue weighted by Gasteiger charge is -2.21. The number of hydrogen-bond acceptors (Lipinski definition) is 4. The van der Waals surface area contributed by atoms with Crippen LogP contribution >= 0.6 is 31.9 Å². The summed E-state index contributed by atoms with van der Waals surface area (Å²) >= 11 is 7.50. The average Bonchev–Trinajstić information content (AvgIpc) is 3.26. The van der Waals surface area contributed by atoms with Crippen LogP contribution in [0.2, 0.25) is 0 Å². The van der Waals surface area contributed by atoms with Gasteiger partial charge in [-0.25, -0.2) is 0 Å². The fourth-order valence-electron chi connectivity index (χ4n) is 9.14. The molecule has 0 saturated carbocycles. The Balaban J connectivity index is 1.91. The highest BCUT2D eigenvalue weighted by atomic mass is 79.9. The summed E-state index contributed by atoms with van der Waals surface area (Å²) < 4.78 is 29.1. The molecular formula is C62H100Br2O4. The summed E-state index contributed by atoms with van der Waals surface area (Å²) in [5, 5.41) is 0. The van der Waals surface area contributed by atoms with Gasteiger partial charge >= 0.3 is 0 Å². The third-order valence-corrected chi connectivity index (χ3v) is 15.0. The van der Waals surface area contributed by atoms with Crippen LogP contribution in [0.5, 0.6) is 23.0 Å². The monoisotopic (exact) mass is 1070 g/mol. The molecule has 386 valence electrons. The average molecular weight is 1070 g/mol. The Bertz CT molecular complexity index is 1660. The summed E-state index contributed by atoms with van der Waals surface area (Å²) in [6, 6.07) is 17.8. The standard InChI is InChI=1S/C62H100Br2O4/c1-45(2)17-13-21-49(9)33-37-65-59-41-56(28-26-54-30-32-58(64)44-62(54)68-40-36-52(12)24-16-20-48(7)8)60(66-38-34-50(10)22-14-18-46(3)4)42-55(59)27-25-53-29-31-57(63)43-61(53)67-39-35-51(11)23-15-19-47(5)6/h29-32,41-52H,13-28,33-40H2,1-12H3. The summed E-state index contributed by atoms with van der Waals surface area (Å²) in [6.45, 7) is 31.0. The molecule has 0 aliphatic heterocycles. The van der Waals surface area contributed by atoms with Crippen molar-refractivity contribution in [2.24, 2.45) is 47.3 Å². The molecule has 68 heavy (non-hydrogen) atoms. The van der Waals surface area contributed by atoms with Crippen molar-refractivity contribution in [3.05, 3.63) is 79.7 Å². The van der Waals surface area contributed by atoms with Gasteiger partial charge in [-0.1, -0.05) is 204 Å². The molecule has 3 aromatic rings. The van der Waals surface area contributed by atoms with Crippen LogP contribution in [0, 0.1) is 47.3 Å². The zero-order valence-electron chi connectivity index (χ0n) is 45.6. The van der Waals surface area contributed by atoms with Gasteiger partial charge in [0.1, 0.15) is 23.0 Å². The second kappa shape index (κ2) is 34.2. The van der Waals surface area contributed by atoms with Crippen LogP contribution in [0.4, 0.5) is 0 Å². The summed E-state index contributed by atoms with van der Waals surface area (Å²) in [4.78, 5) is 0. The van der Waals surface area contributed by atoms with Crippen LogP contribution in [0.1, 0.15) is 208 Å². The normalized spacial score (nSPS) is 13.7. The molecule has 0 spiro atoms. The van der Waals surface area contributed by atoms with Crippen molar-refractivity contribution in [2.75, 3.05) is 26.4 Å². The van der Waals surface area contributed by atoms with Crippen molar-refractivity contribution in [3.63, 3.8) is 0 Å². The molecule has 4 unspecified atom stereocenters. The molecular weight excluding hydrogens is 968 g/mol. The molecule has 3 aromatic carbocycles. The van der Waals surface area contributed by atoms with Crippen LogP contribution in [0.25, 0.3) is 0 Å². The lowest BCUT2D eigenvalue weighted by atomic mass is 9.96. The van der Waals surface area contributed by atoms with Crippen molar-refractivity contribution in [2.45, 2.75) is 212 Å². The maximum absolute atomic E-state index is 6.90. The Morgan fingerprint density at radius 1 is 0.309 bits per heavy atom. The second-order valence-corrected chi connectivity index (χ2v) is 24.7. The van der Waals surface area contributed by atoms with E-state index in [0.717, 1.165) is 120 Å². The summed E-state index contributed by atoms with van der Waals surface area (Å²) in [5.74, 6) is 9.56. The van der Waals surface area contributed by atoms with E-state index in [-0.39, 0.29) is 0 Å². The highest BCUT2D eigenvalue weighted by Gasteiger charge is 2.18. The Morgan fingerprint density at radius 2 is 0.559 bits per heavy atom. The number of aryl methyl sites for hydroxylation is 4. The van der Waals surface area contributed by atoms with Gasteiger partial charge in [0.2, 0.25) is 0 Å². The third-order valence-electron chi connectivity index (χ3n) is 14.0. The first-order valence-corrected chi connectivity index (χ1v) is 29.3. The van der Waals surface area contributed by atoms with Crippen LogP contribution in [0.15, 0.2) is 57.5 Å². The van der Waals surface area contributed by atoms with Gasteiger partial charge in [-0.2, -0.15) is 0 Å². The lowest BCUT2D eigenvalue weighted by Crippen LogP contribution is -2.10. The van der Waals surface area contributed by atoms with Crippen molar-refractivity contribution >= 4 is 31.9 Å². The van der Waals surface area contributed by atoms with E-state index in [1.165, 1.54) is 99.3 Å². The van der Waals surface area contributed by atoms with E-state index in [1.807, 2.05) is 0 Å². The molecule has 0 saturated heterocycles. The van der Waals surface area contributed by atoms with Gasteiger partial charge in [0.25, 0.3) is 0 Å². The second-order valence-electron chi connectivity index (χ2n) is 22.8. The molecule has 0 aliphatic carbocycles. The molecule has 4 atom stereocenters. The minimum atomic E-state index is 0.626. The topological polar surface area (TPSA) is 36.9 Å². The number of rotatable bonds is 38. The van der Waals surface area contributed by atoms with E-state index in [9.17, 15) is 0 Å². The molecule has 0 fully saturated rings. The van der Waals surface area contributed by atoms with E-state index in [2.05, 4.69) is 163 Å². The van der Waals surface area contributed by atoms with Gasteiger partial charge in [0, 0.05) is 8.95 Å². The quantitative estimate of drug-likeness (QED) is 0.0573. The van der Waals surface area contributed by atoms with Crippen molar-refractivity contribution in [3.8, 4) is 23.0 Å². The third kappa shape index (κ3) is 26.3. The van der Waals surface area contributed by atoms with Crippen molar-refractivity contribution < 1.29 is 18.9 Å². The lowest BCUT2D eigenvalue weighted by molar-refractivity contribution is 0.265. The van der Waals surface area contributed by atoms with Gasteiger partial charge in [-0.3, -0.25) is 0 Å². The van der Waals surface area contributed by atoms with E-state index in [1.54, 1.807) is 0 Å². The molecule has 0 aromatic heterocycles. The summed E-state index contributed by atoms with van der Waals surface area (Å²) in [6.07, 6.45) is 23.0. The van der Waals surface area contributed by atoms with E-state index >= 15 is 0 Å². The molecule has 0 heterocycles. The van der Waals surface area contributed by atoms with Crippen LogP contribution < -0.4 is 18.9 Å². The minimum absolute atomic E-state index is 0.626. The molecule has 0 amide bonds. The molecule has 4 nitrogen and oxygen atoms in total. The molecule has 3 rings (SSSR count). The van der Waals surface area contributed by atoms with Gasteiger partial charge in [-0.05, 0) is 157 Å². The van der Waals surface area contributed by atoms with Crippen molar-refractivity contribution in [1.82, 2.24) is 0 Å². The van der Waals surface area contributed by atoms with Crippen LogP contribution in [0.3, 0.4) is 0 Å². The minimum Gasteiger partial charge on any atom is -0.493 e. The van der Waals surface area contributed by atoms with E-state index in [0.29, 0.717) is 36.9 Å². The van der Waals surface area contributed by atoms with Crippen LogP contribution in [-0.4, -0.2) is 26.4 Å². The van der Waals surface area contributed by atoms with E-state index in [4.69, 9.17) is 18.9 Å². The highest BCUT2D eigenvalue weighted by molar-refractivity contribution is 9.10. The Hall–Kier alpha value is -2.18. The zero-order chi connectivity index (χ0) is 49.8. The zero-order valence-corrected chi connectivity index (χ0v) is 48.8. The molecule has 0 bridgehead atoms. The van der Waals surface area contributed by atoms with Crippen LogP contribution in [-0.2, 0) is 25.7 Å². The SMILES string of the molecule is CC(C)CCCC(C)CCOc1cc(Br)ccc1CCc1cc(OCCC(C)CCCC(C)C)c(CCc2ccc(Br)cc2OCCC(C)CCCC(C)C)cc1OCCC(C)CCCC(C)C. The van der Waals surface area contributed by atoms with E-state index < -0.39 is 0 Å².